The molecule has 2 heterocycles. The fourth-order valence-corrected chi connectivity index (χ4v) is 4.34. The first kappa shape index (κ1) is 27.3. The maximum Gasteiger partial charge on any atom is 0.134 e. The van der Waals surface area contributed by atoms with Crippen molar-refractivity contribution in [1.29, 1.82) is 0 Å². The molecule has 3 N–H and O–H groups in total. The Morgan fingerprint density at radius 3 is 2.36 bits per heavy atom. The molecule has 1 aliphatic rings. The zero-order valence-corrected chi connectivity index (χ0v) is 22.7. The van der Waals surface area contributed by atoms with Gasteiger partial charge in [0.05, 0.1) is 11.2 Å². The number of ether oxygens (including phenoxy) is 1. The van der Waals surface area contributed by atoms with Crippen molar-refractivity contribution in [2.75, 3.05) is 50.0 Å². The van der Waals surface area contributed by atoms with E-state index in [0.717, 1.165) is 79.4 Å². The number of H-pyrrole nitrogens is 1. The fraction of sp³-hybridized carbons (Fsp3) is 0.433. The Morgan fingerprint density at radius 1 is 1.00 bits per heavy atom. The monoisotopic (exact) mass is 489 g/mol. The van der Waals surface area contributed by atoms with Gasteiger partial charge in [0.25, 0.3) is 0 Å². The van der Waals surface area contributed by atoms with Crippen LogP contribution in [0, 0.1) is 0 Å². The standard InChI is InChI=1S/C28H37N5O.C2H6/c1-4-22(5-2)10-9-21(3)28-30-25-7-6-8-26(27(25)31-28)33-17-15-32(16-18-33)19-20-34-24-13-11-23(29)12-14-24;1-2/h6-14H,4-5,15-20,29H2,1-3H3,(H,30,31);1-2H3/b21-9+;. The highest BCUT2D eigenvalue weighted by Crippen LogP contribution is 2.28. The molecule has 4 rings (SSSR count). The maximum atomic E-state index is 5.87. The molecule has 0 aliphatic carbocycles. The van der Waals surface area contributed by atoms with E-state index < -0.39 is 0 Å². The summed E-state index contributed by atoms with van der Waals surface area (Å²) >= 11 is 0. The van der Waals surface area contributed by atoms with Crippen LogP contribution in [0.2, 0.25) is 0 Å². The predicted molar refractivity (Wildman–Crippen MR) is 155 cm³/mol. The summed E-state index contributed by atoms with van der Waals surface area (Å²) in [7, 11) is 0. The van der Waals surface area contributed by atoms with Crippen molar-refractivity contribution in [3.8, 4) is 5.75 Å². The summed E-state index contributed by atoms with van der Waals surface area (Å²) in [6, 6.07) is 14.0. The van der Waals surface area contributed by atoms with E-state index in [4.69, 9.17) is 15.5 Å². The Hall–Kier alpha value is -3.25. The number of benzene rings is 2. The highest BCUT2D eigenvalue weighted by Gasteiger charge is 2.20. The number of hydrogen-bond donors (Lipinski definition) is 2. The molecule has 0 atom stereocenters. The van der Waals surface area contributed by atoms with E-state index in [1.54, 1.807) is 0 Å². The van der Waals surface area contributed by atoms with Crippen molar-refractivity contribution in [3.05, 3.63) is 66.0 Å². The lowest BCUT2D eigenvalue weighted by Gasteiger charge is -2.36. The number of nitrogens with two attached hydrogens (primary N) is 1. The van der Waals surface area contributed by atoms with E-state index in [0.29, 0.717) is 6.61 Å². The van der Waals surface area contributed by atoms with Crippen LogP contribution < -0.4 is 15.4 Å². The molecule has 1 saturated heterocycles. The number of aromatic nitrogens is 2. The first-order valence-electron chi connectivity index (χ1n) is 13.4. The lowest BCUT2D eigenvalue weighted by molar-refractivity contribution is 0.200. The van der Waals surface area contributed by atoms with Gasteiger partial charge in [0, 0.05) is 38.4 Å². The number of rotatable bonds is 9. The molecule has 0 saturated carbocycles. The minimum absolute atomic E-state index is 0.681. The van der Waals surface area contributed by atoms with Crippen LogP contribution >= 0.6 is 0 Å². The number of anilines is 2. The van der Waals surface area contributed by atoms with E-state index in [9.17, 15) is 0 Å². The summed E-state index contributed by atoms with van der Waals surface area (Å²) in [6.07, 6.45) is 6.60. The molecule has 1 fully saturated rings. The van der Waals surface area contributed by atoms with Gasteiger partial charge in [-0.3, -0.25) is 4.90 Å². The number of nitrogens with one attached hydrogen (secondary N) is 1. The number of aromatic amines is 1. The molecular weight excluding hydrogens is 446 g/mol. The number of nitrogens with zero attached hydrogens (tertiary/aromatic N) is 3. The van der Waals surface area contributed by atoms with Crippen molar-refractivity contribution in [1.82, 2.24) is 14.9 Å². The first-order valence-corrected chi connectivity index (χ1v) is 13.4. The number of allylic oxidation sites excluding steroid dienone is 4. The van der Waals surface area contributed by atoms with Crippen molar-refractivity contribution >= 4 is 28.0 Å². The zero-order chi connectivity index (χ0) is 25.9. The van der Waals surface area contributed by atoms with Crippen molar-refractivity contribution in [2.24, 2.45) is 0 Å². The Kier molecular flexibility index (Phi) is 10.4. The van der Waals surface area contributed by atoms with E-state index in [1.165, 1.54) is 11.3 Å². The molecule has 1 aromatic heterocycles. The lowest BCUT2D eigenvalue weighted by atomic mass is 10.1. The number of piperazine rings is 1. The van der Waals surface area contributed by atoms with Gasteiger partial charge in [0.1, 0.15) is 23.7 Å². The molecule has 3 aromatic rings. The first-order chi connectivity index (χ1) is 17.6. The van der Waals surface area contributed by atoms with Gasteiger partial charge < -0.3 is 20.4 Å². The van der Waals surface area contributed by atoms with E-state index in [2.05, 4.69) is 65.9 Å². The average molecular weight is 490 g/mol. The number of imidazole rings is 1. The minimum atomic E-state index is 0.681. The van der Waals surface area contributed by atoms with Gasteiger partial charge in [-0.05, 0) is 61.7 Å². The molecular formula is C30H43N5O. The van der Waals surface area contributed by atoms with Gasteiger partial charge in [-0.1, -0.05) is 51.5 Å². The van der Waals surface area contributed by atoms with Gasteiger partial charge in [0.15, 0.2) is 0 Å². The third-order valence-corrected chi connectivity index (χ3v) is 6.61. The zero-order valence-electron chi connectivity index (χ0n) is 22.7. The molecule has 1 aliphatic heterocycles. The normalized spacial score (nSPS) is 14.4. The van der Waals surface area contributed by atoms with Crippen molar-refractivity contribution < 1.29 is 4.74 Å². The number of nitrogen functional groups attached to an aromatic ring is 1. The molecule has 0 bridgehead atoms. The van der Waals surface area contributed by atoms with E-state index >= 15 is 0 Å². The molecule has 0 spiro atoms. The van der Waals surface area contributed by atoms with Gasteiger partial charge in [-0.25, -0.2) is 4.98 Å². The van der Waals surface area contributed by atoms with Crippen LogP contribution in [0.5, 0.6) is 5.75 Å². The number of hydrogen-bond acceptors (Lipinski definition) is 5. The molecule has 6 nitrogen and oxygen atoms in total. The van der Waals surface area contributed by atoms with E-state index in [1.807, 2.05) is 38.1 Å². The quantitative estimate of drug-likeness (QED) is 0.264. The number of fused-ring (bicyclic) bond motifs is 1. The fourth-order valence-electron chi connectivity index (χ4n) is 4.34. The second-order valence-electron chi connectivity index (χ2n) is 8.89. The molecule has 0 unspecified atom stereocenters. The lowest BCUT2D eigenvalue weighted by Crippen LogP contribution is -2.47. The SMILES string of the molecule is CC.CCC(=C/C=C(\C)c1nc2c(N3CCN(CCOc4ccc(N)cc4)CC3)cccc2[nH]1)CC. The summed E-state index contributed by atoms with van der Waals surface area (Å²) in [5.74, 6) is 1.82. The average Bonchev–Trinajstić information content (AvgIpc) is 3.37. The van der Waals surface area contributed by atoms with Gasteiger partial charge in [-0.15, -0.1) is 0 Å². The Morgan fingerprint density at radius 2 is 1.69 bits per heavy atom. The van der Waals surface area contributed by atoms with Crippen LogP contribution in [0.25, 0.3) is 16.6 Å². The molecule has 36 heavy (non-hydrogen) atoms. The highest BCUT2D eigenvalue weighted by atomic mass is 16.5. The Balaban J connectivity index is 0.00000176. The van der Waals surface area contributed by atoms with Crippen molar-refractivity contribution in [3.63, 3.8) is 0 Å². The largest absolute Gasteiger partial charge is 0.492 e. The van der Waals surface area contributed by atoms with Gasteiger partial charge in [0.2, 0.25) is 0 Å². The van der Waals surface area contributed by atoms with Crippen LogP contribution in [-0.2, 0) is 0 Å². The Labute approximate surface area is 216 Å². The van der Waals surface area contributed by atoms with Crippen molar-refractivity contribution in [2.45, 2.75) is 47.5 Å². The summed E-state index contributed by atoms with van der Waals surface area (Å²) < 4.78 is 5.87. The smallest absolute Gasteiger partial charge is 0.134 e. The summed E-state index contributed by atoms with van der Waals surface area (Å²) in [5.41, 5.74) is 12.5. The summed E-state index contributed by atoms with van der Waals surface area (Å²) in [4.78, 5) is 13.4. The third-order valence-electron chi connectivity index (χ3n) is 6.61. The Bertz CT molecular complexity index is 1130. The van der Waals surface area contributed by atoms with Crippen LogP contribution in [0.15, 0.2) is 60.2 Å². The second kappa shape index (κ2) is 13.7. The summed E-state index contributed by atoms with van der Waals surface area (Å²) in [6.45, 7) is 16.1. The maximum absolute atomic E-state index is 5.87. The van der Waals surface area contributed by atoms with Gasteiger partial charge >= 0.3 is 0 Å². The van der Waals surface area contributed by atoms with Crippen LogP contribution in [0.1, 0.15) is 53.3 Å². The van der Waals surface area contributed by atoms with E-state index in [-0.39, 0.29) is 0 Å². The number of para-hydroxylation sites is 1. The molecule has 6 heteroatoms. The predicted octanol–water partition coefficient (Wildman–Crippen LogP) is 6.52. The molecule has 0 radical (unpaired) electrons. The highest BCUT2D eigenvalue weighted by molar-refractivity contribution is 5.90. The third kappa shape index (κ3) is 7.14. The van der Waals surface area contributed by atoms with Crippen LogP contribution in [0.4, 0.5) is 11.4 Å². The second-order valence-corrected chi connectivity index (χ2v) is 8.89. The minimum Gasteiger partial charge on any atom is -0.492 e. The van der Waals surface area contributed by atoms with Gasteiger partial charge in [-0.2, -0.15) is 0 Å². The topological polar surface area (TPSA) is 70.4 Å². The van der Waals surface area contributed by atoms with Crippen LogP contribution in [0.3, 0.4) is 0 Å². The summed E-state index contributed by atoms with van der Waals surface area (Å²) in [5, 5.41) is 0. The molecule has 194 valence electrons. The van der Waals surface area contributed by atoms with Crippen LogP contribution in [-0.4, -0.2) is 54.2 Å². The molecule has 2 aromatic carbocycles. The molecule has 0 amide bonds.